The molecule has 0 saturated carbocycles. The lowest BCUT2D eigenvalue weighted by Crippen LogP contribution is -2.26. The van der Waals surface area contributed by atoms with Crippen molar-refractivity contribution in [1.29, 1.82) is 0 Å². The molecule has 0 aliphatic carbocycles. The van der Waals surface area contributed by atoms with E-state index in [1.54, 1.807) is 31.5 Å². The second kappa shape index (κ2) is 6.72. The van der Waals surface area contributed by atoms with E-state index in [-0.39, 0.29) is 17.8 Å². The van der Waals surface area contributed by atoms with Crippen molar-refractivity contribution in [3.05, 3.63) is 71.8 Å². The lowest BCUT2D eigenvalue weighted by molar-refractivity contribution is 0.0940. The molecule has 0 bridgehead atoms. The van der Waals surface area contributed by atoms with Crippen molar-refractivity contribution in [1.82, 2.24) is 15.3 Å². The predicted octanol–water partition coefficient (Wildman–Crippen LogP) is 4.35. The number of fused-ring (bicyclic) bond motifs is 3. The first-order valence-electron chi connectivity index (χ1n) is 8.56. The standard InChI is InChI=1S/C21H18FN3O2/c1-12(13-4-3-5-15(8-13)27-2)24-21(26)14-6-7-16-18(9-14)25-19-11-23-10-17(22)20(16)19/h3-12,25H,1-2H3,(H,24,26)/t12-/m1/s1. The Morgan fingerprint density at radius 1 is 1.19 bits per heavy atom. The number of halogens is 1. The van der Waals surface area contributed by atoms with Crippen molar-refractivity contribution in [2.24, 2.45) is 0 Å². The molecule has 1 atom stereocenters. The maximum Gasteiger partial charge on any atom is 0.251 e. The maximum atomic E-state index is 14.1. The highest BCUT2D eigenvalue weighted by molar-refractivity contribution is 6.09. The number of nitrogens with one attached hydrogen (secondary N) is 2. The van der Waals surface area contributed by atoms with Crippen molar-refractivity contribution in [3.8, 4) is 5.75 Å². The van der Waals surface area contributed by atoms with Crippen molar-refractivity contribution in [2.75, 3.05) is 7.11 Å². The van der Waals surface area contributed by atoms with Crippen molar-refractivity contribution in [2.45, 2.75) is 13.0 Å². The summed E-state index contributed by atoms with van der Waals surface area (Å²) in [6, 6.07) is 12.6. The van der Waals surface area contributed by atoms with Crippen LogP contribution in [0, 0.1) is 5.82 Å². The van der Waals surface area contributed by atoms with Crippen LogP contribution in [0.25, 0.3) is 21.8 Å². The fraction of sp³-hybridized carbons (Fsp3) is 0.143. The first-order valence-corrected chi connectivity index (χ1v) is 8.56. The van der Waals surface area contributed by atoms with Gasteiger partial charge in [-0.15, -0.1) is 0 Å². The molecule has 2 aromatic heterocycles. The summed E-state index contributed by atoms with van der Waals surface area (Å²) >= 11 is 0. The SMILES string of the molecule is COc1cccc([C@@H](C)NC(=O)c2ccc3c(c2)[nH]c2cncc(F)c23)c1. The van der Waals surface area contributed by atoms with E-state index >= 15 is 0 Å². The van der Waals surface area contributed by atoms with Crippen LogP contribution in [0.3, 0.4) is 0 Å². The normalized spacial score (nSPS) is 12.3. The van der Waals surface area contributed by atoms with Crippen molar-refractivity contribution >= 4 is 27.7 Å². The van der Waals surface area contributed by atoms with E-state index in [1.165, 1.54) is 6.20 Å². The Bertz CT molecular complexity index is 1150. The highest BCUT2D eigenvalue weighted by atomic mass is 19.1. The molecule has 136 valence electrons. The number of rotatable bonds is 4. The Hall–Kier alpha value is -3.41. The van der Waals surface area contributed by atoms with Gasteiger partial charge in [0.25, 0.3) is 5.91 Å². The molecule has 0 radical (unpaired) electrons. The van der Waals surface area contributed by atoms with Gasteiger partial charge in [0.2, 0.25) is 0 Å². The number of benzene rings is 2. The fourth-order valence-corrected chi connectivity index (χ4v) is 3.23. The molecule has 1 amide bonds. The molecule has 4 aromatic rings. The molecule has 2 heterocycles. The summed E-state index contributed by atoms with van der Waals surface area (Å²) in [4.78, 5) is 19.6. The van der Waals surface area contributed by atoms with Gasteiger partial charge in [0.1, 0.15) is 5.75 Å². The van der Waals surface area contributed by atoms with Gasteiger partial charge in [0, 0.05) is 21.9 Å². The van der Waals surface area contributed by atoms with Gasteiger partial charge >= 0.3 is 0 Å². The van der Waals surface area contributed by atoms with E-state index in [1.807, 2.05) is 31.2 Å². The zero-order chi connectivity index (χ0) is 19.0. The molecule has 0 fully saturated rings. The highest BCUT2D eigenvalue weighted by Gasteiger charge is 2.15. The molecule has 0 aliphatic rings. The zero-order valence-corrected chi connectivity index (χ0v) is 14.9. The van der Waals surface area contributed by atoms with Crippen LogP contribution in [-0.2, 0) is 0 Å². The maximum absolute atomic E-state index is 14.1. The lowest BCUT2D eigenvalue weighted by Gasteiger charge is -2.15. The fourth-order valence-electron chi connectivity index (χ4n) is 3.23. The van der Waals surface area contributed by atoms with Gasteiger partial charge in [-0.1, -0.05) is 18.2 Å². The van der Waals surface area contributed by atoms with Crippen LogP contribution >= 0.6 is 0 Å². The highest BCUT2D eigenvalue weighted by Crippen LogP contribution is 2.28. The predicted molar refractivity (Wildman–Crippen MR) is 102 cm³/mol. The summed E-state index contributed by atoms with van der Waals surface area (Å²) < 4.78 is 19.3. The largest absolute Gasteiger partial charge is 0.497 e. The van der Waals surface area contributed by atoms with Gasteiger partial charge in [-0.3, -0.25) is 9.78 Å². The summed E-state index contributed by atoms with van der Waals surface area (Å²) in [6.07, 6.45) is 2.76. The number of methoxy groups -OCH3 is 1. The van der Waals surface area contributed by atoms with E-state index in [9.17, 15) is 9.18 Å². The third kappa shape index (κ3) is 3.10. The first-order chi connectivity index (χ1) is 13.1. The van der Waals surface area contributed by atoms with Crippen molar-refractivity contribution in [3.63, 3.8) is 0 Å². The second-order valence-corrected chi connectivity index (χ2v) is 6.40. The zero-order valence-electron chi connectivity index (χ0n) is 14.9. The molecule has 6 heteroatoms. The third-order valence-electron chi connectivity index (χ3n) is 4.66. The average molecular weight is 363 g/mol. The van der Waals surface area contributed by atoms with Gasteiger partial charge in [-0.25, -0.2) is 4.39 Å². The van der Waals surface area contributed by atoms with Gasteiger partial charge in [0.05, 0.1) is 31.1 Å². The topological polar surface area (TPSA) is 67.0 Å². The van der Waals surface area contributed by atoms with Crippen LogP contribution in [0.15, 0.2) is 54.9 Å². The minimum absolute atomic E-state index is 0.187. The number of hydrogen-bond donors (Lipinski definition) is 2. The second-order valence-electron chi connectivity index (χ2n) is 6.40. The minimum Gasteiger partial charge on any atom is -0.497 e. The van der Waals surface area contributed by atoms with Gasteiger partial charge in [0.15, 0.2) is 5.82 Å². The lowest BCUT2D eigenvalue weighted by atomic mass is 10.1. The number of aromatic nitrogens is 2. The number of aromatic amines is 1. The Balaban J connectivity index is 1.62. The number of carbonyl (C=O) groups excluding carboxylic acids is 1. The number of amides is 1. The summed E-state index contributed by atoms with van der Waals surface area (Å²) in [5.74, 6) is 0.149. The van der Waals surface area contributed by atoms with Crippen molar-refractivity contribution < 1.29 is 13.9 Å². The average Bonchev–Trinajstić information content (AvgIpc) is 3.06. The molecule has 4 rings (SSSR count). The van der Waals surface area contributed by atoms with Gasteiger partial charge < -0.3 is 15.0 Å². The molecule has 27 heavy (non-hydrogen) atoms. The molecule has 0 spiro atoms. The molecule has 0 unspecified atom stereocenters. The van der Waals surface area contributed by atoms with Gasteiger partial charge in [-0.05, 0) is 36.8 Å². The number of H-pyrrole nitrogens is 1. The number of carbonyl (C=O) groups is 1. The Labute approximate surface area is 155 Å². The summed E-state index contributed by atoms with van der Waals surface area (Å²) in [7, 11) is 1.61. The van der Waals surface area contributed by atoms with E-state index in [0.717, 1.165) is 16.7 Å². The van der Waals surface area contributed by atoms with Gasteiger partial charge in [-0.2, -0.15) is 0 Å². The van der Waals surface area contributed by atoms with Crippen LogP contribution in [0.1, 0.15) is 28.9 Å². The molecule has 0 aliphatic heterocycles. The third-order valence-corrected chi connectivity index (χ3v) is 4.66. The summed E-state index contributed by atoms with van der Waals surface area (Å²) in [5, 5.41) is 4.19. The molecule has 5 nitrogen and oxygen atoms in total. The molecule has 2 N–H and O–H groups in total. The quantitative estimate of drug-likeness (QED) is 0.566. The number of nitrogens with zero attached hydrogens (tertiary/aromatic N) is 1. The van der Waals surface area contributed by atoms with E-state index < -0.39 is 0 Å². The molecular weight excluding hydrogens is 345 g/mol. The van der Waals surface area contributed by atoms with Crippen LogP contribution < -0.4 is 10.1 Å². The van der Waals surface area contributed by atoms with E-state index in [4.69, 9.17) is 4.74 Å². The van der Waals surface area contributed by atoms with Crippen LogP contribution in [0.2, 0.25) is 0 Å². The van der Waals surface area contributed by atoms with E-state index in [0.29, 0.717) is 22.0 Å². The number of ether oxygens (including phenoxy) is 1. The minimum atomic E-state index is -0.386. The molecule has 2 aromatic carbocycles. The monoisotopic (exact) mass is 363 g/mol. The summed E-state index contributed by atoms with van der Waals surface area (Å²) in [5.41, 5.74) is 2.74. The Morgan fingerprint density at radius 3 is 2.85 bits per heavy atom. The number of pyridine rings is 1. The molecular formula is C21H18FN3O2. The van der Waals surface area contributed by atoms with E-state index in [2.05, 4.69) is 15.3 Å². The van der Waals surface area contributed by atoms with Crippen LogP contribution in [0.5, 0.6) is 5.75 Å². The first kappa shape index (κ1) is 17.0. The van der Waals surface area contributed by atoms with Crippen LogP contribution in [0.4, 0.5) is 4.39 Å². The molecule has 0 saturated heterocycles. The summed E-state index contributed by atoms with van der Waals surface area (Å²) in [6.45, 7) is 1.91. The Morgan fingerprint density at radius 2 is 2.04 bits per heavy atom. The smallest absolute Gasteiger partial charge is 0.251 e. The Kier molecular flexibility index (Phi) is 4.24. The van der Waals surface area contributed by atoms with Crippen LogP contribution in [-0.4, -0.2) is 23.0 Å². The number of hydrogen-bond acceptors (Lipinski definition) is 3.